The van der Waals surface area contributed by atoms with E-state index in [-0.39, 0.29) is 0 Å². The molecule has 0 amide bonds. The lowest BCUT2D eigenvalue weighted by molar-refractivity contribution is -0.0388. The van der Waals surface area contributed by atoms with E-state index >= 15 is 0 Å². The van der Waals surface area contributed by atoms with Crippen molar-refractivity contribution >= 4 is 5.82 Å². The Bertz CT molecular complexity index is 595. The summed E-state index contributed by atoms with van der Waals surface area (Å²) in [5.74, 6) is 1.05. The third-order valence-electron chi connectivity index (χ3n) is 3.36. The molecule has 2 aromatic rings. The van der Waals surface area contributed by atoms with Crippen molar-refractivity contribution < 1.29 is 4.74 Å². The molecule has 6 nitrogen and oxygen atoms in total. The molecule has 1 atom stereocenters. The summed E-state index contributed by atoms with van der Waals surface area (Å²) >= 11 is 0. The SMILES string of the molecule is CCOC(C)(CC)c1nc(N)cc(-c2cnn(C)c2)n1. The summed E-state index contributed by atoms with van der Waals surface area (Å²) in [6, 6.07) is 1.75. The lowest BCUT2D eigenvalue weighted by atomic mass is 10.0. The van der Waals surface area contributed by atoms with Gasteiger partial charge in [0, 0.05) is 31.5 Å². The first-order chi connectivity index (χ1) is 9.48. The maximum Gasteiger partial charge on any atom is 0.162 e. The molecule has 0 fully saturated rings. The monoisotopic (exact) mass is 275 g/mol. The highest BCUT2D eigenvalue weighted by Crippen LogP contribution is 2.29. The standard InChI is InChI=1S/C14H21N5O/c1-5-14(3,20-6-2)13-17-11(7-12(15)18-13)10-8-16-19(4)9-10/h7-9H,5-6H2,1-4H3,(H2,15,17,18). The lowest BCUT2D eigenvalue weighted by Gasteiger charge is -2.26. The van der Waals surface area contributed by atoms with Crippen molar-refractivity contribution in [3.63, 3.8) is 0 Å². The molecule has 0 aliphatic carbocycles. The molecule has 0 spiro atoms. The Kier molecular flexibility index (Phi) is 4.04. The number of nitrogen functional groups attached to an aromatic ring is 1. The Morgan fingerprint density at radius 1 is 1.35 bits per heavy atom. The van der Waals surface area contributed by atoms with Gasteiger partial charge in [-0.3, -0.25) is 4.68 Å². The number of hydrogen-bond donors (Lipinski definition) is 1. The third-order valence-corrected chi connectivity index (χ3v) is 3.36. The van der Waals surface area contributed by atoms with Gasteiger partial charge in [-0.2, -0.15) is 5.10 Å². The summed E-state index contributed by atoms with van der Waals surface area (Å²) in [7, 11) is 1.87. The molecule has 6 heteroatoms. The average molecular weight is 275 g/mol. The van der Waals surface area contributed by atoms with E-state index < -0.39 is 5.60 Å². The lowest BCUT2D eigenvalue weighted by Crippen LogP contribution is -2.28. The molecule has 0 bridgehead atoms. The highest BCUT2D eigenvalue weighted by atomic mass is 16.5. The van der Waals surface area contributed by atoms with Crippen LogP contribution in [0.2, 0.25) is 0 Å². The smallest absolute Gasteiger partial charge is 0.162 e. The number of anilines is 1. The second-order valence-corrected chi connectivity index (χ2v) is 4.92. The number of aromatic nitrogens is 4. The molecule has 0 saturated heterocycles. The van der Waals surface area contributed by atoms with Gasteiger partial charge in [0.05, 0.1) is 11.9 Å². The maximum atomic E-state index is 5.92. The van der Waals surface area contributed by atoms with Gasteiger partial charge >= 0.3 is 0 Å². The van der Waals surface area contributed by atoms with E-state index in [9.17, 15) is 0 Å². The van der Waals surface area contributed by atoms with Crippen molar-refractivity contribution in [1.29, 1.82) is 0 Å². The summed E-state index contributed by atoms with van der Waals surface area (Å²) in [5, 5.41) is 4.16. The largest absolute Gasteiger partial charge is 0.384 e. The van der Waals surface area contributed by atoms with Crippen molar-refractivity contribution in [3.8, 4) is 11.3 Å². The van der Waals surface area contributed by atoms with E-state index in [1.54, 1.807) is 16.9 Å². The maximum absolute atomic E-state index is 5.92. The molecule has 2 N–H and O–H groups in total. The molecule has 20 heavy (non-hydrogen) atoms. The third kappa shape index (κ3) is 2.80. The van der Waals surface area contributed by atoms with Gasteiger partial charge in [-0.05, 0) is 20.3 Å². The van der Waals surface area contributed by atoms with Gasteiger partial charge in [0.2, 0.25) is 0 Å². The first kappa shape index (κ1) is 14.5. The molecule has 0 aliphatic heterocycles. The molecule has 108 valence electrons. The summed E-state index contributed by atoms with van der Waals surface area (Å²) < 4.78 is 7.55. The Morgan fingerprint density at radius 3 is 2.65 bits per heavy atom. The minimum absolute atomic E-state index is 0.438. The minimum Gasteiger partial charge on any atom is -0.384 e. The predicted octanol–water partition coefficient (Wildman–Crippen LogP) is 2.12. The van der Waals surface area contributed by atoms with Crippen LogP contribution in [0.1, 0.15) is 33.0 Å². The molecular formula is C14H21N5O. The molecule has 2 rings (SSSR count). The normalized spacial score (nSPS) is 14.2. The molecule has 0 saturated carbocycles. The van der Waals surface area contributed by atoms with Crippen molar-refractivity contribution in [3.05, 3.63) is 24.3 Å². The van der Waals surface area contributed by atoms with Crippen LogP contribution in [0.3, 0.4) is 0 Å². The Hall–Kier alpha value is -1.95. The van der Waals surface area contributed by atoms with Crippen molar-refractivity contribution in [2.75, 3.05) is 12.3 Å². The quantitative estimate of drug-likeness (QED) is 0.904. The summed E-state index contributed by atoms with van der Waals surface area (Å²) in [6.45, 7) is 6.59. The van der Waals surface area contributed by atoms with E-state index in [0.29, 0.717) is 18.2 Å². The molecule has 0 aliphatic rings. The molecule has 0 radical (unpaired) electrons. The van der Waals surface area contributed by atoms with E-state index in [1.165, 1.54) is 0 Å². The van der Waals surface area contributed by atoms with E-state index in [1.807, 2.05) is 34.0 Å². The van der Waals surface area contributed by atoms with Crippen LogP contribution in [0.4, 0.5) is 5.82 Å². The molecular weight excluding hydrogens is 254 g/mol. The zero-order valence-electron chi connectivity index (χ0n) is 12.4. The molecule has 2 aromatic heterocycles. The Balaban J connectivity index is 2.48. The van der Waals surface area contributed by atoms with Crippen LogP contribution in [-0.2, 0) is 17.4 Å². The number of hydrogen-bond acceptors (Lipinski definition) is 5. The van der Waals surface area contributed by atoms with E-state index in [4.69, 9.17) is 10.5 Å². The van der Waals surface area contributed by atoms with Crippen LogP contribution >= 0.6 is 0 Å². The number of nitrogens with two attached hydrogens (primary N) is 1. The van der Waals surface area contributed by atoms with Crippen LogP contribution in [0, 0.1) is 0 Å². The fourth-order valence-corrected chi connectivity index (χ4v) is 2.05. The van der Waals surface area contributed by atoms with Gasteiger partial charge in [-0.15, -0.1) is 0 Å². The first-order valence-corrected chi connectivity index (χ1v) is 6.76. The minimum atomic E-state index is -0.527. The van der Waals surface area contributed by atoms with Gasteiger partial charge < -0.3 is 10.5 Å². The van der Waals surface area contributed by atoms with E-state index in [0.717, 1.165) is 17.7 Å². The molecule has 2 heterocycles. The Morgan fingerprint density at radius 2 is 2.10 bits per heavy atom. The highest BCUT2D eigenvalue weighted by Gasteiger charge is 2.29. The van der Waals surface area contributed by atoms with Gasteiger partial charge in [0.1, 0.15) is 11.4 Å². The van der Waals surface area contributed by atoms with Crippen LogP contribution in [-0.4, -0.2) is 26.4 Å². The van der Waals surface area contributed by atoms with Crippen molar-refractivity contribution in [2.24, 2.45) is 7.05 Å². The highest BCUT2D eigenvalue weighted by molar-refractivity contribution is 5.60. The number of aryl methyl sites for hydroxylation is 1. The van der Waals surface area contributed by atoms with Gasteiger partial charge in [-0.1, -0.05) is 6.92 Å². The second kappa shape index (κ2) is 5.58. The Labute approximate surface area is 119 Å². The van der Waals surface area contributed by atoms with Crippen molar-refractivity contribution in [1.82, 2.24) is 19.7 Å². The fraction of sp³-hybridized carbons (Fsp3) is 0.500. The average Bonchev–Trinajstić information content (AvgIpc) is 2.85. The van der Waals surface area contributed by atoms with Gasteiger partial charge in [0.25, 0.3) is 0 Å². The second-order valence-electron chi connectivity index (χ2n) is 4.92. The zero-order chi connectivity index (χ0) is 14.8. The first-order valence-electron chi connectivity index (χ1n) is 6.76. The summed E-state index contributed by atoms with van der Waals surface area (Å²) in [5.41, 5.74) is 7.07. The van der Waals surface area contributed by atoms with Crippen LogP contribution in [0.15, 0.2) is 18.5 Å². The molecule has 0 aromatic carbocycles. The summed E-state index contributed by atoms with van der Waals surface area (Å²) in [6.07, 6.45) is 4.43. The topological polar surface area (TPSA) is 78.9 Å². The van der Waals surface area contributed by atoms with E-state index in [2.05, 4.69) is 15.1 Å². The van der Waals surface area contributed by atoms with Crippen LogP contribution in [0.25, 0.3) is 11.3 Å². The van der Waals surface area contributed by atoms with Crippen LogP contribution in [0.5, 0.6) is 0 Å². The van der Waals surface area contributed by atoms with Gasteiger partial charge in [-0.25, -0.2) is 9.97 Å². The van der Waals surface area contributed by atoms with Crippen LogP contribution < -0.4 is 5.73 Å². The number of ether oxygens (including phenoxy) is 1. The summed E-state index contributed by atoms with van der Waals surface area (Å²) in [4.78, 5) is 8.95. The number of rotatable bonds is 5. The zero-order valence-corrected chi connectivity index (χ0v) is 12.4. The van der Waals surface area contributed by atoms with Crippen molar-refractivity contribution in [2.45, 2.75) is 32.8 Å². The fourth-order valence-electron chi connectivity index (χ4n) is 2.05. The molecule has 1 unspecified atom stereocenters. The van der Waals surface area contributed by atoms with Gasteiger partial charge in [0.15, 0.2) is 5.82 Å². The number of nitrogens with zero attached hydrogens (tertiary/aromatic N) is 4. The predicted molar refractivity (Wildman–Crippen MR) is 77.9 cm³/mol.